The molecule has 0 fully saturated rings. The summed E-state index contributed by atoms with van der Waals surface area (Å²) in [6.45, 7) is 1.71. The predicted molar refractivity (Wildman–Crippen MR) is 75.5 cm³/mol. The maximum Gasteiger partial charge on any atom is 0.416 e. The first kappa shape index (κ1) is 15.9. The summed E-state index contributed by atoms with van der Waals surface area (Å²) in [5.74, 6) is -0.717. The van der Waals surface area contributed by atoms with Crippen molar-refractivity contribution in [1.82, 2.24) is 5.32 Å². The zero-order chi connectivity index (χ0) is 16.3. The van der Waals surface area contributed by atoms with Gasteiger partial charge in [0.15, 0.2) is 0 Å². The molecule has 0 unspecified atom stereocenters. The lowest BCUT2D eigenvalue weighted by Gasteiger charge is -2.10. The monoisotopic (exact) mass is 309 g/mol. The van der Waals surface area contributed by atoms with Crippen LogP contribution in [0.5, 0.6) is 5.75 Å². The highest BCUT2D eigenvalue weighted by molar-refractivity contribution is 5.96. The minimum Gasteiger partial charge on any atom is -0.507 e. The number of phenols is 1. The molecule has 0 radical (unpaired) electrons. The third kappa shape index (κ3) is 3.78. The van der Waals surface area contributed by atoms with E-state index in [-0.39, 0.29) is 17.9 Å². The van der Waals surface area contributed by atoms with E-state index in [0.717, 1.165) is 17.7 Å². The number of rotatable bonds is 3. The molecule has 0 aliphatic rings. The van der Waals surface area contributed by atoms with Crippen LogP contribution in [-0.2, 0) is 12.7 Å². The molecule has 0 aliphatic heterocycles. The summed E-state index contributed by atoms with van der Waals surface area (Å²) >= 11 is 0. The number of carbonyl (C=O) groups is 1. The molecule has 1 amide bonds. The minimum atomic E-state index is -4.42. The highest BCUT2D eigenvalue weighted by atomic mass is 19.4. The number of amides is 1. The molecule has 3 nitrogen and oxygen atoms in total. The van der Waals surface area contributed by atoms with Crippen LogP contribution in [-0.4, -0.2) is 11.0 Å². The lowest BCUT2D eigenvalue weighted by atomic mass is 10.1. The van der Waals surface area contributed by atoms with Gasteiger partial charge in [0.2, 0.25) is 0 Å². The van der Waals surface area contributed by atoms with Gasteiger partial charge in [0.1, 0.15) is 5.75 Å². The Morgan fingerprint density at radius 2 is 1.91 bits per heavy atom. The quantitative estimate of drug-likeness (QED) is 0.909. The lowest BCUT2D eigenvalue weighted by molar-refractivity contribution is -0.137. The van der Waals surface area contributed by atoms with Gasteiger partial charge < -0.3 is 10.4 Å². The number of hydrogen-bond donors (Lipinski definition) is 2. The van der Waals surface area contributed by atoms with Gasteiger partial charge in [0.05, 0.1) is 11.1 Å². The third-order valence-electron chi connectivity index (χ3n) is 3.10. The van der Waals surface area contributed by atoms with Crippen LogP contribution in [0.1, 0.15) is 27.0 Å². The van der Waals surface area contributed by atoms with Crippen LogP contribution in [0, 0.1) is 6.92 Å². The average Bonchev–Trinajstić information content (AvgIpc) is 2.47. The highest BCUT2D eigenvalue weighted by Gasteiger charge is 2.30. The number of phenolic OH excluding ortho intramolecular Hbond substituents is 1. The second-order valence-corrected chi connectivity index (χ2v) is 4.90. The number of aryl methyl sites for hydroxylation is 1. The van der Waals surface area contributed by atoms with Crippen molar-refractivity contribution in [3.8, 4) is 5.75 Å². The summed E-state index contributed by atoms with van der Waals surface area (Å²) in [6.07, 6.45) is -4.42. The van der Waals surface area contributed by atoms with E-state index in [0.29, 0.717) is 5.56 Å². The Kier molecular flexibility index (Phi) is 4.40. The Labute approximate surface area is 125 Å². The molecule has 0 spiro atoms. The normalized spacial score (nSPS) is 11.3. The first-order valence-electron chi connectivity index (χ1n) is 6.51. The van der Waals surface area contributed by atoms with E-state index < -0.39 is 17.6 Å². The van der Waals surface area contributed by atoms with Crippen LogP contribution in [0.4, 0.5) is 13.2 Å². The highest BCUT2D eigenvalue weighted by Crippen LogP contribution is 2.29. The van der Waals surface area contributed by atoms with Gasteiger partial charge in [-0.2, -0.15) is 13.2 Å². The molecule has 0 bridgehead atoms. The number of alkyl halides is 3. The molecule has 2 rings (SSSR count). The molecule has 0 saturated carbocycles. The van der Waals surface area contributed by atoms with E-state index in [9.17, 15) is 23.1 Å². The molecule has 0 atom stereocenters. The molecule has 2 N–H and O–H groups in total. The van der Waals surface area contributed by atoms with Crippen LogP contribution < -0.4 is 5.32 Å². The summed E-state index contributed by atoms with van der Waals surface area (Å²) in [5.41, 5.74) is 0.446. The second kappa shape index (κ2) is 6.09. The fourth-order valence-electron chi connectivity index (χ4n) is 1.97. The fourth-order valence-corrected chi connectivity index (χ4v) is 1.97. The molecular weight excluding hydrogens is 295 g/mol. The van der Waals surface area contributed by atoms with Crippen molar-refractivity contribution in [1.29, 1.82) is 0 Å². The Hall–Kier alpha value is -2.50. The Morgan fingerprint density at radius 3 is 2.59 bits per heavy atom. The largest absolute Gasteiger partial charge is 0.507 e. The van der Waals surface area contributed by atoms with Crippen molar-refractivity contribution in [2.75, 3.05) is 0 Å². The zero-order valence-electron chi connectivity index (χ0n) is 11.7. The maximum atomic E-state index is 12.6. The molecule has 0 saturated heterocycles. The van der Waals surface area contributed by atoms with Crippen LogP contribution >= 0.6 is 0 Å². The van der Waals surface area contributed by atoms with Gasteiger partial charge in [-0.3, -0.25) is 4.79 Å². The molecule has 116 valence electrons. The maximum absolute atomic E-state index is 12.6. The van der Waals surface area contributed by atoms with Crippen LogP contribution in [0.25, 0.3) is 0 Å². The Bertz CT molecular complexity index is 696. The first-order chi connectivity index (χ1) is 10.3. The molecular formula is C16H14F3NO2. The molecule has 0 aromatic heterocycles. The summed E-state index contributed by atoms with van der Waals surface area (Å²) in [7, 11) is 0. The topological polar surface area (TPSA) is 49.3 Å². The average molecular weight is 309 g/mol. The van der Waals surface area contributed by atoms with Crippen molar-refractivity contribution >= 4 is 5.91 Å². The van der Waals surface area contributed by atoms with Gasteiger partial charge in [-0.05, 0) is 36.8 Å². The van der Waals surface area contributed by atoms with Crippen LogP contribution in [0.15, 0.2) is 42.5 Å². The number of carbonyl (C=O) groups excluding carboxylic acids is 1. The second-order valence-electron chi connectivity index (χ2n) is 4.90. The van der Waals surface area contributed by atoms with Crippen molar-refractivity contribution in [3.63, 3.8) is 0 Å². The van der Waals surface area contributed by atoms with Crippen molar-refractivity contribution in [2.45, 2.75) is 19.6 Å². The summed E-state index contributed by atoms with van der Waals surface area (Å²) in [4.78, 5) is 12.0. The molecule has 2 aromatic carbocycles. The van der Waals surface area contributed by atoms with Gasteiger partial charge in [-0.15, -0.1) is 0 Å². The fraction of sp³-hybridized carbons (Fsp3) is 0.188. The van der Waals surface area contributed by atoms with Crippen molar-refractivity contribution < 1.29 is 23.1 Å². The number of hydrogen-bond acceptors (Lipinski definition) is 2. The Balaban J connectivity index is 2.10. The number of halogens is 3. The van der Waals surface area contributed by atoms with Gasteiger partial charge in [-0.25, -0.2) is 0 Å². The van der Waals surface area contributed by atoms with E-state index in [4.69, 9.17) is 0 Å². The molecule has 2 aromatic rings. The summed E-state index contributed by atoms with van der Waals surface area (Å²) < 4.78 is 37.8. The van der Waals surface area contributed by atoms with Gasteiger partial charge in [0, 0.05) is 6.54 Å². The third-order valence-corrected chi connectivity index (χ3v) is 3.10. The minimum absolute atomic E-state index is 0.0594. The lowest BCUT2D eigenvalue weighted by Crippen LogP contribution is -2.23. The first-order valence-corrected chi connectivity index (χ1v) is 6.51. The number of nitrogens with one attached hydrogen (secondary N) is 1. The molecule has 6 heteroatoms. The van der Waals surface area contributed by atoms with Crippen molar-refractivity contribution in [2.24, 2.45) is 0 Å². The Morgan fingerprint density at radius 1 is 1.18 bits per heavy atom. The summed E-state index contributed by atoms with van der Waals surface area (Å²) in [5, 5.41) is 12.1. The zero-order valence-corrected chi connectivity index (χ0v) is 11.7. The van der Waals surface area contributed by atoms with E-state index in [1.165, 1.54) is 24.3 Å². The number of benzene rings is 2. The smallest absolute Gasteiger partial charge is 0.416 e. The molecule has 0 aliphatic carbocycles. The van der Waals surface area contributed by atoms with Crippen LogP contribution in [0.2, 0.25) is 0 Å². The van der Waals surface area contributed by atoms with E-state index in [1.807, 2.05) is 0 Å². The van der Waals surface area contributed by atoms with Crippen molar-refractivity contribution in [3.05, 3.63) is 64.7 Å². The van der Waals surface area contributed by atoms with E-state index >= 15 is 0 Å². The van der Waals surface area contributed by atoms with Gasteiger partial charge in [-0.1, -0.05) is 23.8 Å². The van der Waals surface area contributed by atoms with E-state index in [2.05, 4.69) is 5.32 Å². The van der Waals surface area contributed by atoms with Gasteiger partial charge in [0.25, 0.3) is 5.91 Å². The standard InChI is InChI=1S/C16H14F3NO2/c1-10-5-6-14(21)13(7-10)15(22)20-9-11-3-2-4-12(8-11)16(17,18)19/h2-8,21H,9H2,1H3,(H,20,22). The van der Waals surface area contributed by atoms with Gasteiger partial charge >= 0.3 is 6.18 Å². The summed E-state index contributed by atoms with van der Waals surface area (Å²) in [6, 6.07) is 9.29. The number of aromatic hydroxyl groups is 1. The predicted octanol–water partition coefficient (Wildman–Crippen LogP) is 3.65. The van der Waals surface area contributed by atoms with E-state index in [1.54, 1.807) is 13.0 Å². The molecule has 0 heterocycles. The SMILES string of the molecule is Cc1ccc(O)c(C(=O)NCc2cccc(C(F)(F)F)c2)c1. The van der Waals surface area contributed by atoms with Crippen LogP contribution in [0.3, 0.4) is 0 Å². The molecule has 22 heavy (non-hydrogen) atoms.